The van der Waals surface area contributed by atoms with E-state index in [1.165, 1.54) is 67.0 Å². The van der Waals surface area contributed by atoms with Crippen molar-refractivity contribution < 1.29 is 13.5 Å². The Morgan fingerprint density at radius 3 is 1.30 bits per heavy atom. The van der Waals surface area contributed by atoms with Crippen LogP contribution in [0.5, 0.6) is 0 Å². The summed E-state index contributed by atoms with van der Waals surface area (Å²) in [5, 5.41) is 0. The molecule has 0 atom stereocenters. The molecular formula is C51H51Cl2N3Ru-2. The molecule has 6 heteroatoms. The predicted octanol–water partition coefficient (Wildman–Crippen LogP) is 13.6. The number of aromatic nitrogens is 1. The van der Waals surface area contributed by atoms with Gasteiger partial charge in [0.1, 0.15) is 0 Å². The molecule has 0 saturated carbocycles. The normalized spacial score (nSPS) is 11.9. The predicted molar refractivity (Wildman–Crippen MR) is 244 cm³/mol. The van der Waals surface area contributed by atoms with Crippen molar-refractivity contribution in [2.24, 2.45) is 0 Å². The molecule has 7 aromatic rings. The number of nitrogens with zero attached hydrogens (tertiary/aromatic N) is 3. The minimum Gasteiger partial charge on any atom is -0.265 e. The van der Waals surface area contributed by atoms with E-state index in [1.807, 2.05) is 108 Å². The number of pyridine rings is 1. The van der Waals surface area contributed by atoms with E-state index in [0.29, 0.717) is 0 Å². The van der Waals surface area contributed by atoms with E-state index in [1.54, 1.807) is 0 Å². The number of hydrogen-bond acceptors (Lipinski definition) is 3. The van der Waals surface area contributed by atoms with Gasteiger partial charge in [-0.15, -0.1) is 5.56 Å². The van der Waals surface area contributed by atoms with Crippen molar-refractivity contribution in [3.05, 3.63) is 216 Å². The standard InChI is InChI=1S/C21H27N2.C12H9.C11H9N.C7H6.2ClH.Ru/c1-14-9-16(3)20(17(4)10-14)22-7-8-23(13-22)21-18(5)11-15(2)12-19(21)6;1-3-7-11(8-4-1)12-9-5-2-6-10-12;1-2-4-10(5-3-1)11-6-8-12-9-7-11;1-7-5-3-2-4-6-7;;;/h9-13H,7-8H2,1-6H3;1,3-10H;1-9H;1-6H;2*1H;/q2*-1;;;;;+2/p-2. The van der Waals surface area contributed by atoms with Crippen LogP contribution in [0.3, 0.4) is 0 Å². The second-order valence-corrected chi connectivity index (χ2v) is 19.7. The van der Waals surface area contributed by atoms with E-state index in [9.17, 15) is 0 Å². The first-order valence-corrected chi connectivity index (χ1v) is 24.5. The van der Waals surface area contributed by atoms with Crippen molar-refractivity contribution >= 4 is 35.4 Å². The zero-order valence-corrected chi connectivity index (χ0v) is 36.9. The summed E-state index contributed by atoms with van der Waals surface area (Å²) in [5.74, 6) is 0. The third-order valence-electron chi connectivity index (χ3n) is 9.31. The molecule has 0 amide bonds. The Bertz CT molecular complexity index is 2040. The largest absolute Gasteiger partial charge is 0.265 e. The molecule has 1 aliphatic heterocycles. The summed E-state index contributed by atoms with van der Waals surface area (Å²) in [7, 11) is 11.3. The number of halogens is 2. The molecule has 1 fully saturated rings. The molecule has 6 aromatic carbocycles. The van der Waals surface area contributed by atoms with Gasteiger partial charge in [-0.25, -0.2) is 0 Å². The van der Waals surface area contributed by atoms with Crippen LogP contribution >= 0.6 is 19.4 Å². The van der Waals surface area contributed by atoms with Crippen molar-refractivity contribution in [1.29, 1.82) is 0 Å². The van der Waals surface area contributed by atoms with Gasteiger partial charge in [0, 0.05) is 36.9 Å². The summed E-state index contributed by atoms with van der Waals surface area (Å²) >= 11 is -1.61. The average molecular weight is 878 g/mol. The molecule has 1 saturated heterocycles. The van der Waals surface area contributed by atoms with Gasteiger partial charge in [-0.05, 0) is 92.6 Å². The number of aryl methyl sites for hydroxylation is 6. The second-order valence-electron chi connectivity index (χ2n) is 14.0. The summed E-state index contributed by atoms with van der Waals surface area (Å²) in [5.41, 5.74) is 16.9. The fourth-order valence-electron chi connectivity index (χ4n) is 7.08. The van der Waals surface area contributed by atoms with Gasteiger partial charge in [0.15, 0.2) is 0 Å². The van der Waals surface area contributed by atoms with Gasteiger partial charge in [-0.1, -0.05) is 96.1 Å². The van der Waals surface area contributed by atoms with Crippen LogP contribution in [0.1, 0.15) is 38.9 Å². The van der Waals surface area contributed by atoms with Crippen LogP contribution in [0.4, 0.5) is 11.4 Å². The molecular weight excluding hydrogens is 827 g/mol. The Labute approximate surface area is 354 Å². The molecule has 8 rings (SSSR count). The van der Waals surface area contributed by atoms with Gasteiger partial charge in [-0.3, -0.25) is 4.98 Å². The van der Waals surface area contributed by atoms with E-state index in [2.05, 4.69) is 130 Å². The van der Waals surface area contributed by atoms with Crippen molar-refractivity contribution in [3.63, 3.8) is 0 Å². The minimum absolute atomic E-state index is 1.04. The zero-order valence-electron chi connectivity index (χ0n) is 33.6. The summed E-state index contributed by atoms with van der Waals surface area (Å²) in [6, 6.07) is 54.6. The SMILES string of the molecule is Cc1cc(C)c(N2[CH-]N(c3c(C)cc(C)cc3C)CC2)c(C)c1.[Cl][Ru]([Cl])=[CH]c1ccccc1.[c-]1ccc(-c2ccccc2)cc1.c1ccc(-c2ccncc2)cc1. The Morgan fingerprint density at radius 2 is 0.895 bits per heavy atom. The first-order valence-electron chi connectivity index (χ1n) is 19.0. The first-order chi connectivity index (χ1) is 27.6. The van der Waals surface area contributed by atoms with Crippen LogP contribution < -0.4 is 9.80 Å². The van der Waals surface area contributed by atoms with Gasteiger partial charge >= 0.3 is 73.4 Å². The van der Waals surface area contributed by atoms with Gasteiger partial charge in [0.2, 0.25) is 0 Å². The molecule has 2 heterocycles. The Balaban J connectivity index is 0.000000155. The molecule has 0 N–H and O–H groups in total. The zero-order chi connectivity index (χ0) is 40.6. The molecule has 0 bridgehead atoms. The minimum atomic E-state index is -1.61. The quantitative estimate of drug-likeness (QED) is 0.127. The Hall–Kier alpha value is -4.86. The maximum atomic E-state index is 5.67. The number of anilines is 2. The summed E-state index contributed by atoms with van der Waals surface area (Å²) in [6.07, 6.45) is 3.62. The number of hydrogen-bond donors (Lipinski definition) is 0. The van der Waals surface area contributed by atoms with Crippen molar-refractivity contribution in [2.75, 3.05) is 22.9 Å². The molecule has 3 nitrogen and oxygen atoms in total. The van der Waals surface area contributed by atoms with Crippen LogP contribution in [-0.2, 0) is 13.5 Å². The van der Waals surface area contributed by atoms with Crippen molar-refractivity contribution in [2.45, 2.75) is 41.5 Å². The first kappa shape index (κ1) is 43.3. The van der Waals surface area contributed by atoms with E-state index in [0.717, 1.165) is 18.7 Å². The number of benzene rings is 6. The van der Waals surface area contributed by atoms with Gasteiger partial charge < -0.3 is 9.80 Å². The Morgan fingerprint density at radius 1 is 0.526 bits per heavy atom. The summed E-state index contributed by atoms with van der Waals surface area (Å²) in [4.78, 5) is 8.78. The van der Waals surface area contributed by atoms with Crippen LogP contribution in [0, 0.1) is 54.3 Å². The average Bonchev–Trinajstić information content (AvgIpc) is 3.68. The monoisotopic (exact) mass is 877 g/mol. The van der Waals surface area contributed by atoms with E-state index < -0.39 is 13.5 Å². The van der Waals surface area contributed by atoms with Crippen molar-refractivity contribution in [3.8, 4) is 22.3 Å². The maximum Gasteiger partial charge on any atom is 0.0273 e. The number of rotatable bonds is 5. The molecule has 1 aliphatic rings. The van der Waals surface area contributed by atoms with Gasteiger partial charge in [-0.2, -0.15) is 37.0 Å². The van der Waals surface area contributed by atoms with Gasteiger partial charge in [0.05, 0.1) is 0 Å². The van der Waals surface area contributed by atoms with E-state index in [4.69, 9.17) is 19.4 Å². The molecule has 1 aromatic heterocycles. The molecule has 0 unspecified atom stereocenters. The second kappa shape index (κ2) is 22.2. The van der Waals surface area contributed by atoms with Crippen LogP contribution in [0.25, 0.3) is 22.3 Å². The van der Waals surface area contributed by atoms with E-state index in [-0.39, 0.29) is 0 Å². The Kier molecular flexibility index (Phi) is 16.8. The molecule has 0 aliphatic carbocycles. The fourth-order valence-corrected chi connectivity index (χ4v) is 8.91. The van der Waals surface area contributed by atoms with E-state index >= 15 is 0 Å². The van der Waals surface area contributed by atoms with Crippen LogP contribution in [-0.4, -0.2) is 22.7 Å². The molecule has 294 valence electrons. The van der Waals surface area contributed by atoms with Gasteiger partial charge in [0.25, 0.3) is 0 Å². The topological polar surface area (TPSA) is 19.4 Å². The summed E-state index contributed by atoms with van der Waals surface area (Å²) < 4.78 is 1.92. The molecule has 0 radical (unpaired) electrons. The fraction of sp³-hybridized carbons (Fsp3) is 0.157. The maximum absolute atomic E-state index is 5.67. The summed E-state index contributed by atoms with van der Waals surface area (Å²) in [6.45, 7) is 17.6. The van der Waals surface area contributed by atoms with Crippen molar-refractivity contribution in [1.82, 2.24) is 4.98 Å². The smallest absolute Gasteiger partial charge is 0.0273 e. The van der Waals surface area contributed by atoms with Crippen LogP contribution in [0.2, 0.25) is 0 Å². The molecule has 0 spiro atoms. The third kappa shape index (κ3) is 13.4. The van der Waals surface area contributed by atoms with Crippen LogP contribution in [0.15, 0.2) is 164 Å². The third-order valence-corrected chi connectivity index (χ3v) is 11.2. The molecule has 57 heavy (non-hydrogen) atoms.